The lowest BCUT2D eigenvalue weighted by Crippen LogP contribution is -2.45. The third-order valence-corrected chi connectivity index (χ3v) is 6.96. The Hall–Kier alpha value is -3.87. The van der Waals surface area contributed by atoms with E-state index in [2.05, 4.69) is 64.5 Å². The van der Waals surface area contributed by atoms with Gasteiger partial charge in [0.25, 0.3) is 0 Å². The lowest BCUT2D eigenvalue weighted by atomic mass is 9.91. The summed E-state index contributed by atoms with van der Waals surface area (Å²) >= 11 is 0. The highest BCUT2D eigenvalue weighted by atomic mass is 16.2. The molecule has 0 bridgehead atoms. The Bertz CT molecular complexity index is 1340. The molecule has 36 heavy (non-hydrogen) atoms. The SMILES string of the molecule is CN(C)c1nc(NC2CCC(NC(=O)NCCc3cccc4ccccc34)CC2)nc2ccccc12. The van der Waals surface area contributed by atoms with Crippen LogP contribution in [0.4, 0.5) is 16.6 Å². The van der Waals surface area contributed by atoms with Gasteiger partial charge in [0, 0.05) is 38.1 Å². The summed E-state index contributed by atoms with van der Waals surface area (Å²) in [5.74, 6) is 1.58. The van der Waals surface area contributed by atoms with Crippen molar-refractivity contribution in [1.82, 2.24) is 20.6 Å². The van der Waals surface area contributed by atoms with Crippen LogP contribution in [-0.2, 0) is 6.42 Å². The average molecular weight is 483 g/mol. The predicted octanol–water partition coefficient (Wildman–Crippen LogP) is 5.11. The molecule has 4 aromatic rings. The second kappa shape index (κ2) is 10.8. The molecule has 1 saturated carbocycles. The number of nitrogens with zero attached hydrogens (tertiary/aromatic N) is 3. The second-order valence-corrected chi connectivity index (χ2v) is 9.76. The van der Waals surface area contributed by atoms with Crippen molar-refractivity contribution < 1.29 is 4.79 Å². The van der Waals surface area contributed by atoms with Gasteiger partial charge >= 0.3 is 6.03 Å². The van der Waals surface area contributed by atoms with E-state index >= 15 is 0 Å². The first-order chi connectivity index (χ1) is 17.6. The molecule has 3 aromatic carbocycles. The summed E-state index contributed by atoms with van der Waals surface area (Å²) < 4.78 is 0. The summed E-state index contributed by atoms with van der Waals surface area (Å²) in [6.45, 7) is 0.615. The van der Waals surface area contributed by atoms with E-state index in [-0.39, 0.29) is 12.1 Å². The van der Waals surface area contributed by atoms with E-state index in [1.54, 1.807) is 0 Å². The first kappa shape index (κ1) is 23.9. The van der Waals surface area contributed by atoms with Crippen LogP contribution in [0, 0.1) is 0 Å². The highest BCUT2D eigenvalue weighted by Crippen LogP contribution is 2.26. The molecule has 3 N–H and O–H groups in total. The smallest absolute Gasteiger partial charge is 0.315 e. The Morgan fingerprint density at radius 2 is 1.56 bits per heavy atom. The molecular weight excluding hydrogens is 448 g/mol. The Kier molecular flexibility index (Phi) is 7.16. The van der Waals surface area contributed by atoms with Crippen LogP contribution in [-0.4, -0.2) is 48.7 Å². The van der Waals surface area contributed by atoms with Gasteiger partial charge in [0.05, 0.1) is 5.52 Å². The zero-order valence-electron chi connectivity index (χ0n) is 21.0. The van der Waals surface area contributed by atoms with Crippen LogP contribution in [0.3, 0.4) is 0 Å². The number of aromatic nitrogens is 2. The minimum atomic E-state index is -0.0832. The third-order valence-electron chi connectivity index (χ3n) is 6.96. The number of fused-ring (bicyclic) bond motifs is 2. The molecule has 0 radical (unpaired) electrons. The number of amides is 2. The molecule has 1 aliphatic rings. The molecule has 1 heterocycles. The summed E-state index contributed by atoms with van der Waals surface area (Å²) in [4.78, 5) is 24.0. The fraction of sp³-hybridized carbons (Fsp3) is 0.345. The third kappa shape index (κ3) is 5.51. The molecule has 186 valence electrons. The molecule has 1 aromatic heterocycles. The van der Waals surface area contributed by atoms with E-state index in [0.29, 0.717) is 18.5 Å². The molecule has 0 spiro atoms. The quantitative estimate of drug-likeness (QED) is 0.341. The van der Waals surface area contributed by atoms with Gasteiger partial charge in [-0.1, -0.05) is 54.6 Å². The van der Waals surface area contributed by atoms with Gasteiger partial charge in [0.15, 0.2) is 0 Å². The van der Waals surface area contributed by atoms with Crippen molar-refractivity contribution in [2.75, 3.05) is 30.9 Å². The Morgan fingerprint density at radius 1 is 0.861 bits per heavy atom. The lowest BCUT2D eigenvalue weighted by molar-refractivity contribution is 0.232. The highest BCUT2D eigenvalue weighted by molar-refractivity contribution is 5.90. The van der Waals surface area contributed by atoms with Gasteiger partial charge in [-0.25, -0.2) is 9.78 Å². The molecule has 1 aliphatic carbocycles. The van der Waals surface area contributed by atoms with Crippen LogP contribution in [0.15, 0.2) is 66.7 Å². The summed E-state index contributed by atoms with van der Waals surface area (Å²) in [5.41, 5.74) is 2.20. The van der Waals surface area contributed by atoms with Gasteiger partial charge in [0.1, 0.15) is 5.82 Å². The summed E-state index contributed by atoms with van der Waals surface area (Å²) in [6.07, 6.45) is 4.61. The average Bonchev–Trinajstić information content (AvgIpc) is 2.89. The Morgan fingerprint density at radius 3 is 2.36 bits per heavy atom. The molecule has 7 heteroatoms. The molecule has 2 amide bonds. The highest BCUT2D eigenvalue weighted by Gasteiger charge is 2.23. The summed E-state index contributed by atoms with van der Waals surface area (Å²) in [6, 6.07) is 23.2. The number of benzene rings is 3. The van der Waals surface area contributed by atoms with Crippen molar-refractivity contribution in [2.45, 2.75) is 44.2 Å². The van der Waals surface area contributed by atoms with Gasteiger partial charge in [-0.3, -0.25) is 0 Å². The lowest BCUT2D eigenvalue weighted by Gasteiger charge is -2.30. The predicted molar refractivity (Wildman–Crippen MR) is 148 cm³/mol. The second-order valence-electron chi connectivity index (χ2n) is 9.76. The van der Waals surface area contributed by atoms with Crippen molar-refractivity contribution in [2.24, 2.45) is 0 Å². The normalized spacial score (nSPS) is 17.6. The zero-order chi connectivity index (χ0) is 24.9. The number of para-hydroxylation sites is 1. The topological polar surface area (TPSA) is 82.2 Å². The number of carbonyl (C=O) groups is 1. The fourth-order valence-corrected chi connectivity index (χ4v) is 5.09. The van der Waals surface area contributed by atoms with Crippen molar-refractivity contribution >= 4 is 39.5 Å². The molecule has 5 rings (SSSR count). The number of anilines is 2. The van der Waals surface area contributed by atoms with Gasteiger partial charge in [-0.2, -0.15) is 4.98 Å². The minimum absolute atomic E-state index is 0.0832. The van der Waals surface area contributed by atoms with Gasteiger partial charge in [-0.05, 0) is 60.6 Å². The maximum Gasteiger partial charge on any atom is 0.315 e. The summed E-state index contributed by atoms with van der Waals surface area (Å²) in [7, 11) is 4.01. The number of hydrogen-bond acceptors (Lipinski definition) is 5. The molecule has 1 fully saturated rings. The molecule has 0 saturated heterocycles. The minimum Gasteiger partial charge on any atom is -0.362 e. The maximum absolute atomic E-state index is 12.5. The molecule has 0 aliphatic heterocycles. The molecular formula is C29H34N6O. The van der Waals surface area contributed by atoms with E-state index < -0.39 is 0 Å². The van der Waals surface area contributed by atoms with Crippen molar-refractivity contribution in [3.8, 4) is 0 Å². The number of nitrogens with one attached hydrogen (secondary N) is 3. The van der Waals surface area contributed by atoms with E-state index in [4.69, 9.17) is 9.97 Å². The van der Waals surface area contributed by atoms with Crippen LogP contribution < -0.4 is 20.9 Å². The van der Waals surface area contributed by atoms with Crippen molar-refractivity contribution in [1.29, 1.82) is 0 Å². The van der Waals surface area contributed by atoms with Crippen LogP contribution in [0.1, 0.15) is 31.2 Å². The van der Waals surface area contributed by atoms with Crippen molar-refractivity contribution in [3.05, 3.63) is 72.3 Å². The molecule has 7 nitrogen and oxygen atoms in total. The molecule has 0 unspecified atom stereocenters. The Balaban J connectivity index is 1.09. The van der Waals surface area contributed by atoms with Crippen LogP contribution >= 0.6 is 0 Å². The number of urea groups is 1. The van der Waals surface area contributed by atoms with E-state index in [1.807, 2.05) is 37.2 Å². The first-order valence-corrected chi connectivity index (χ1v) is 12.8. The van der Waals surface area contributed by atoms with Gasteiger partial charge in [0.2, 0.25) is 5.95 Å². The van der Waals surface area contributed by atoms with Crippen LogP contribution in [0.25, 0.3) is 21.7 Å². The fourth-order valence-electron chi connectivity index (χ4n) is 5.09. The summed E-state index contributed by atoms with van der Waals surface area (Å²) in [5, 5.41) is 13.3. The number of carbonyl (C=O) groups excluding carboxylic acids is 1. The van der Waals surface area contributed by atoms with E-state index in [1.165, 1.54) is 16.3 Å². The standard InChI is InChI=1S/C29H34N6O/c1-35(2)27-25-12-5-6-13-26(25)33-28(34-27)31-22-14-16-23(17-15-22)32-29(36)30-19-18-21-10-7-9-20-8-3-4-11-24(20)21/h3-13,22-23H,14-19H2,1-2H3,(H2,30,32,36)(H,31,33,34). The zero-order valence-corrected chi connectivity index (χ0v) is 21.0. The maximum atomic E-state index is 12.5. The van der Waals surface area contributed by atoms with Crippen LogP contribution in [0.2, 0.25) is 0 Å². The van der Waals surface area contributed by atoms with Gasteiger partial charge < -0.3 is 20.9 Å². The first-order valence-electron chi connectivity index (χ1n) is 12.8. The van der Waals surface area contributed by atoms with E-state index in [0.717, 1.165) is 48.8 Å². The van der Waals surface area contributed by atoms with E-state index in [9.17, 15) is 4.79 Å². The number of rotatable bonds is 7. The van der Waals surface area contributed by atoms with Crippen molar-refractivity contribution in [3.63, 3.8) is 0 Å². The monoisotopic (exact) mass is 482 g/mol. The Labute approximate surface area is 212 Å². The van der Waals surface area contributed by atoms with Gasteiger partial charge in [-0.15, -0.1) is 0 Å². The largest absolute Gasteiger partial charge is 0.362 e. The molecule has 0 atom stereocenters. The van der Waals surface area contributed by atoms with Crippen LogP contribution in [0.5, 0.6) is 0 Å². The number of hydrogen-bond donors (Lipinski definition) is 3.